The Morgan fingerprint density at radius 3 is 2.70 bits per heavy atom. The lowest BCUT2D eigenvalue weighted by atomic mass is 10.1. The average Bonchev–Trinajstić information content (AvgIpc) is 2.72. The smallest absolute Gasteiger partial charge is 0.262 e. The number of aromatic amines is 1. The third kappa shape index (κ3) is 4.92. The summed E-state index contributed by atoms with van der Waals surface area (Å²) in [6, 6.07) is 9.82. The standard InChI is InChI=1S/C21H21Cl2N3O3S/c1-12(13-5-7-16(22)17(23)10-13)24-19(27)14-4-6-15-18(11-14)25-21(30)26(20(15)28)8-3-9-29-2/h4-7,10-12H,3,8-9H2,1-2H3,(H,24,27)(H,25,30)/t12-/m0/s1. The number of nitrogens with zero attached hydrogens (tertiary/aromatic N) is 1. The van der Waals surface area contributed by atoms with E-state index in [9.17, 15) is 9.59 Å². The van der Waals surface area contributed by atoms with E-state index in [4.69, 9.17) is 40.2 Å². The highest BCUT2D eigenvalue weighted by Gasteiger charge is 2.14. The zero-order valence-electron chi connectivity index (χ0n) is 16.5. The van der Waals surface area contributed by atoms with Gasteiger partial charge in [-0.3, -0.25) is 14.2 Å². The summed E-state index contributed by atoms with van der Waals surface area (Å²) in [5, 5.41) is 4.27. The molecule has 3 aromatic rings. The topological polar surface area (TPSA) is 76.1 Å². The van der Waals surface area contributed by atoms with Crippen LogP contribution in [0.3, 0.4) is 0 Å². The Hall–Kier alpha value is -2.19. The number of carbonyl (C=O) groups is 1. The zero-order valence-corrected chi connectivity index (χ0v) is 18.8. The lowest BCUT2D eigenvalue weighted by molar-refractivity contribution is 0.0940. The summed E-state index contributed by atoms with van der Waals surface area (Å²) in [5.41, 5.74) is 1.57. The summed E-state index contributed by atoms with van der Waals surface area (Å²) in [6.45, 7) is 2.85. The summed E-state index contributed by atoms with van der Waals surface area (Å²) in [7, 11) is 1.61. The van der Waals surface area contributed by atoms with Crippen LogP contribution in [0, 0.1) is 4.77 Å². The summed E-state index contributed by atoms with van der Waals surface area (Å²) in [5.74, 6) is -0.279. The number of methoxy groups -OCH3 is 1. The quantitative estimate of drug-likeness (QED) is 0.384. The molecule has 158 valence electrons. The van der Waals surface area contributed by atoms with Crippen molar-refractivity contribution in [1.82, 2.24) is 14.9 Å². The second-order valence-electron chi connectivity index (χ2n) is 6.86. The zero-order chi connectivity index (χ0) is 21.8. The number of rotatable bonds is 7. The first-order valence-corrected chi connectivity index (χ1v) is 10.5. The molecule has 1 atom stereocenters. The third-order valence-electron chi connectivity index (χ3n) is 4.77. The molecule has 1 heterocycles. The fourth-order valence-corrected chi connectivity index (χ4v) is 3.70. The number of halogens is 2. The second-order valence-corrected chi connectivity index (χ2v) is 8.06. The van der Waals surface area contributed by atoms with Crippen LogP contribution in [0.5, 0.6) is 0 Å². The molecule has 0 spiro atoms. The molecule has 0 saturated heterocycles. The summed E-state index contributed by atoms with van der Waals surface area (Å²) in [6.07, 6.45) is 0.673. The van der Waals surface area contributed by atoms with Crippen molar-refractivity contribution in [2.75, 3.05) is 13.7 Å². The van der Waals surface area contributed by atoms with Gasteiger partial charge in [-0.15, -0.1) is 0 Å². The fraction of sp³-hybridized carbons (Fsp3) is 0.286. The molecule has 0 saturated carbocycles. The molecule has 0 bridgehead atoms. The number of hydrogen-bond donors (Lipinski definition) is 2. The van der Waals surface area contributed by atoms with Crippen molar-refractivity contribution < 1.29 is 9.53 Å². The Bertz CT molecular complexity index is 1210. The number of benzene rings is 2. The maximum Gasteiger partial charge on any atom is 0.262 e. The first-order chi connectivity index (χ1) is 14.3. The number of H-pyrrole nitrogens is 1. The second kappa shape index (κ2) is 9.75. The van der Waals surface area contributed by atoms with Crippen LogP contribution in [-0.4, -0.2) is 29.2 Å². The number of amides is 1. The van der Waals surface area contributed by atoms with Crippen LogP contribution in [-0.2, 0) is 11.3 Å². The van der Waals surface area contributed by atoms with E-state index < -0.39 is 0 Å². The molecule has 0 fully saturated rings. The van der Waals surface area contributed by atoms with Crippen LogP contribution < -0.4 is 10.9 Å². The van der Waals surface area contributed by atoms with Gasteiger partial charge in [0.25, 0.3) is 11.5 Å². The predicted octanol–water partition coefficient (Wildman–Crippen LogP) is 4.89. The Balaban J connectivity index is 1.84. The van der Waals surface area contributed by atoms with Gasteiger partial charge in [0.15, 0.2) is 4.77 Å². The highest BCUT2D eigenvalue weighted by atomic mass is 35.5. The lowest BCUT2D eigenvalue weighted by Crippen LogP contribution is -2.27. The average molecular weight is 466 g/mol. The van der Waals surface area contributed by atoms with E-state index in [-0.39, 0.29) is 17.5 Å². The molecule has 9 heteroatoms. The van der Waals surface area contributed by atoms with Gasteiger partial charge in [-0.2, -0.15) is 0 Å². The molecule has 30 heavy (non-hydrogen) atoms. The molecular formula is C21H21Cl2N3O3S. The van der Waals surface area contributed by atoms with Gasteiger partial charge in [-0.25, -0.2) is 0 Å². The Morgan fingerprint density at radius 2 is 2.00 bits per heavy atom. The maximum absolute atomic E-state index is 12.8. The van der Waals surface area contributed by atoms with Crippen LogP contribution in [0.25, 0.3) is 10.9 Å². The van der Waals surface area contributed by atoms with E-state index in [0.29, 0.717) is 50.9 Å². The normalized spacial score (nSPS) is 12.1. The maximum atomic E-state index is 12.8. The summed E-state index contributed by atoms with van der Waals surface area (Å²) < 4.78 is 6.84. The van der Waals surface area contributed by atoms with E-state index >= 15 is 0 Å². The molecule has 3 rings (SSSR count). The van der Waals surface area contributed by atoms with Gasteiger partial charge in [0, 0.05) is 25.8 Å². The van der Waals surface area contributed by atoms with Crippen LogP contribution >= 0.6 is 35.4 Å². The SMILES string of the molecule is COCCCn1c(=S)[nH]c2cc(C(=O)N[C@@H](C)c3ccc(Cl)c(Cl)c3)ccc2c1=O. The lowest BCUT2D eigenvalue weighted by Gasteiger charge is -2.15. The molecule has 0 aliphatic heterocycles. The Labute approximate surface area is 188 Å². The Morgan fingerprint density at radius 1 is 1.23 bits per heavy atom. The molecule has 1 amide bonds. The minimum atomic E-state index is -0.282. The first-order valence-electron chi connectivity index (χ1n) is 9.33. The molecular weight excluding hydrogens is 445 g/mol. The largest absolute Gasteiger partial charge is 0.385 e. The number of nitrogens with one attached hydrogen (secondary N) is 2. The third-order valence-corrected chi connectivity index (χ3v) is 5.83. The summed E-state index contributed by atoms with van der Waals surface area (Å²) >= 11 is 17.3. The van der Waals surface area contributed by atoms with E-state index in [1.54, 1.807) is 37.4 Å². The Kier molecular flexibility index (Phi) is 7.31. The first kappa shape index (κ1) is 22.5. The fourth-order valence-electron chi connectivity index (χ4n) is 3.11. The van der Waals surface area contributed by atoms with E-state index in [2.05, 4.69) is 10.3 Å². The molecule has 0 unspecified atom stereocenters. The number of hydrogen-bond acceptors (Lipinski definition) is 4. The van der Waals surface area contributed by atoms with E-state index in [1.165, 1.54) is 4.57 Å². The van der Waals surface area contributed by atoms with Gasteiger partial charge in [-0.05, 0) is 61.5 Å². The van der Waals surface area contributed by atoms with Gasteiger partial charge >= 0.3 is 0 Å². The van der Waals surface area contributed by atoms with Gasteiger partial charge in [0.1, 0.15) is 0 Å². The minimum absolute atomic E-state index is 0.194. The van der Waals surface area contributed by atoms with Crippen molar-refractivity contribution in [1.29, 1.82) is 0 Å². The molecule has 2 aromatic carbocycles. The highest BCUT2D eigenvalue weighted by Crippen LogP contribution is 2.25. The van der Waals surface area contributed by atoms with Gasteiger partial charge < -0.3 is 15.0 Å². The van der Waals surface area contributed by atoms with Crippen molar-refractivity contribution in [3.63, 3.8) is 0 Å². The number of ether oxygens (including phenoxy) is 1. The van der Waals surface area contributed by atoms with Crippen LogP contribution in [0.15, 0.2) is 41.2 Å². The molecule has 2 N–H and O–H groups in total. The number of carbonyl (C=O) groups excluding carboxylic acids is 1. The minimum Gasteiger partial charge on any atom is -0.385 e. The van der Waals surface area contributed by atoms with Gasteiger partial charge in [0.2, 0.25) is 0 Å². The van der Waals surface area contributed by atoms with Crippen LogP contribution in [0.4, 0.5) is 0 Å². The summed E-state index contributed by atoms with van der Waals surface area (Å²) in [4.78, 5) is 28.5. The highest BCUT2D eigenvalue weighted by molar-refractivity contribution is 7.71. The molecule has 1 aromatic heterocycles. The van der Waals surface area contributed by atoms with Crippen LogP contribution in [0.1, 0.15) is 35.3 Å². The van der Waals surface area contributed by atoms with E-state index in [0.717, 1.165) is 5.56 Å². The molecule has 6 nitrogen and oxygen atoms in total. The van der Waals surface area contributed by atoms with Crippen molar-refractivity contribution in [2.24, 2.45) is 0 Å². The molecule has 0 aliphatic carbocycles. The number of aromatic nitrogens is 2. The van der Waals surface area contributed by atoms with Crippen molar-refractivity contribution in [3.8, 4) is 0 Å². The predicted molar refractivity (Wildman–Crippen MR) is 122 cm³/mol. The van der Waals surface area contributed by atoms with Crippen molar-refractivity contribution >= 4 is 52.2 Å². The number of fused-ring (bicyclic) bond motifs is 1. The van der Waals surface area contributed by atoms with Gasteiger partial charge in [-0.1, -0.05) is 29.3 Å². The van der Waals surface area contributed by atoms with Crippen molar-refractivity contribution in [2.45, 2.75) is 25.9 Å². The molecule has 0 aliphatic rings. The monoisotopic (exact) mass is 465 g/mol. The van der Waals surface area contributed by atoms with Crippen molar-refractivity contribution in [3.05, 3.63) is 72.7 Å². The van der Waals surface area contributed by atoms with Crippen LogP contribution in [0.2, 0.25) is 10.0 Å². The van der Waals surface area contributed by atoms with E-state index in [1.807, 2.05) is 13.0 Å². The molecule has 0 radical (unpaired) electrons. The van der Waals surface area contributed by atoms with Gasteiger partial charge in [0.05, 0.1) is 27.0 Å².